The zero-order valence-corrected chi connectivity index (χ0v) is 20.2. The zero-order chi connectivity index (χ0) is 26.0. The van der Waals surface area contributed by atoms with Crippen LogP contribution >= 0.6 is 0 Å². The van der Waals surface area contributed by atoms with Crippen LogP contribution in [0.4, 0.5) is 14.5 Å². The minimum atomic E-state index is -0.999. The highest BCUT2D eigenvalue weighted by Crippen LogP contribution is 2.41. The summed E-state index contributed by atoms with van der Waals surface area (Å²) in [6.45, 7) is 1.91. The first-order chi connectivity index (χ1) is 17.8. The molecule has 5 rings (SSSR count). The Kier molecular flexibility index (Phi) is 6.52. The zero-order valence-electron chi connectivity index (χ0n) is 20.2. The van der Waals surface area contributed by atoms with Gasteiger partial charge in [-0.15, -0.1) is 5.10 Å². The molecule has 1 aromatic heterocycles. The standard InChI is InChI=1S/C28H25F2N5O2/c1-18-6-11-24(35-15-14-31-34-35)22(16-18)27(37)32-21-9-7-20(8-10-21)28(12-3-13-28)33-25(36)17-19-4-2-5-23(29)26(19)30/h2,4-11,14-16H,3,12-13,17H2,1H3,(H,32,37)(H,33,36). The molecule has 0 aliphatic heterocycles. The smallest absolute Gasteiger partial charge is 0.257 e. The van der Waals surface area contributed by atoms with Gasteiger partial charge in [0.2, 0.25) is 5.91 Å². The van der Waals surface area contributed by atoms with Gasteiger partial charge < -0.3 is 10.6 Å². The van der Waals surface area contributed by atoms with Crippen molar-refractivity contribution in [2.24, 2.45) is 0 Å². The first-order valence-electron chi connectivity index (χ1n) is 12.0. The summed E-state index contributed by atoms with van der Waals surface area (Å²) in [5, 5.41) is 13.8. The molecule has 1 heterocycles. The molecule has 4 aromatic rings. The molecule has 0 radical (unpaired) electrons. The molecule has 0 atom stereocenters. The summed E-state index contributed by atoms with van der Waals surface area (Å²) in [4.78, 5) is 25.8. The number of nitrogens with zero attached hydrogens (tertiary/aromatic N) is 3. The molecule has 2 N–H and O–H groups in total. The number of hydrogen-bond acceptors (Lipinski definition) is 4. The number of aryl methyl sites for hydroxylation is 1. The van der Waals surface area contributed by atoms with Crippen LogP contribution in [0.15, 0.2) is 73.1 Å². The van der Waals surface area contributed by atoms with E-state index in [1.54, 1.807) is 30.6 Å². The van der Waals surface area contributed by atoms with Gasteiger partial charge in [-0.2, -0.15) is 0 Å². The first kappa shape index (κ1) is 24.3. The van der Waals surface area contributed by atoms with E-state index in [1.807, 2.05) is 31.2 Å². The largest absolute Gasteiger partial charge is 0.346 e. The molecule has 3 aromatic carbocycles. The molecule has 0 spiro atoms. The first-order valence-corrected chi connectivity index (χ1v) is 12.0. The highest BCUT2D eigenvalue weighted by atomic mass is 19.2. The van der Waals surface area contributed by atoms with E-state index in [2.05, 4.69) is 20.9 Å². The third kappa shape index (κ3) is 4.97. The third-order valence-corrected chi connectivity index (χ3v) is 6.73. The number of carbonyl (C=O) groups excluding carboxylic acids is 2. The van der Waals surface area contributed by atoms with Gasteiger partial charge >= 0.3 is 0 Å². The van der Waals surface area contributed by atoms with Gasteiger partial charge in [0.1, 0.15) is 0 Å². The highest BCUT2D eigenvalue weighted by molar-refractivity contribution is 6.06. The van der Waals surface area contributed by atoms with Crippen LogP contribution in [0.25, 0.3) is 5.69 Å². The Labute approximate surface area is 212 Å². The number of aromatic nitrogens is 3. The lowest BCUT2D eigenvalue weighted by Gasteiger charge is -2.43. The summed E-state index contributed by atoms with van der Waals surface area (Å²) >= 11 is 0. The number of benzene rings is 3. The fraction of sp³-hybridized carbons (Fsp3) is 0.214. The molecular formula is C28H25F2N5O2. The van der Waals surface area contributed by atoms with Crippen LogP contribution in [-0.4, -0.2) is 26.8 Å². The van der Waals surface area contributed by atoms with Crippen molar-refractivity contribution in [3.63, 3.8) is 0 Å². The predicted molar refractivity (Wildman–Crippen MR) is 134 cm³/mol. The topological polar surface area (TPSA) is 88.9 Å². The van der Waals surface area contributed by atoms with Gasteiger partial charge in [-0.3, -0.25) is 9.59 Å². The fourth-order valence-corrected chi connectivity index (χ4v) is 4.62. The number of hydrogen-bond donors (Lipinski definition) is 2. The summed E-state index contributed by atoms with van der Waals surface area (Å²) < 4.78 is 29.1. The SMILES string of the molecule is Cc1ccc(-n2ccnn2)c(C(=O)Nc2ccc(C3(NC(=O)Cc4cccc(F)c4F)CCC3)cc2)c1. The second-order valence-electron chi connectivity index (χ2n) is 9.27. The normalized spacial score (nSPS) is 14.0. The molecule has 2 amide bonds. The molecular weight excluding hydrogens is 476 g/mol. The Morgan fingerprint density at radius 3 is 2.51 bits per heavy atom. The van der Waals surface area contributed by atoms with Gasteiger partial charge in [0.05, 0.1) is 35.6 Å². The predicted octanol–water partition coefficient (Wildman–Crippen LogP) is 4.84. The number of amides is 2. The number of nitrogens with one attached hydrogen (secondary N) is 2. The summed E-state index contributed by atoms with van der Waals surface area (Å²) in [5.74, 6) is -2.63. The molecule has 1 saturated carbocycles. The van der Waals surface area contributed by atoms with E-state index in [4.69, 9.17) is 0 Å². The number of halogens is 2. The van der Waals surface area contributed by atoms with Crippen molar-refractivity contribution in [2.75, 3.05) is 5.32 Å². The van der Waals surface area contributed by atoms with Crippen molar-refractivity contribution in [3.8, 4) is 5.69 Å². The quantitative estimate of drug-likeness (QED) is 0.379. The lowest BCUT2D eigenvalue weighted by Crippen LogP contribution is -2.51. The van der Waals surface area contributed by atoms with Crippen molar-refractivity contribution in [3.05, 3.63) is 107 Å². The van der Waals surface area contributed by atoms with E-state index in [1.165, 1.54) is 16.8 Å². The summed E-state index contributed by atoms with van der Waals surface area (Å²) in [5.41, 5.74) is 2.95. The monoisotopic (exact) mass is 501 g/mol. The van der Waals surface area contributed by atoms with Crippen molar-refractivity contribution in [2.45, 2.75) is 38.1 Å². The van der Waals surface area contributed by atoms with Crippen LogP contribution in [0.5, 0.6) is 0 Å². The van der Waals surface area contributed by atoms with Crippen LogP contribution in [0.3, 0.4) is 0 Å². The molecule has 9 heteroatoms. The molecule has 0 bridgehead atoms. The Morgan fingerprint density at radius 1 is 1.05 bits per heavy atom. The molecule has 1 aliphatic rings. The third-order valence-electron chi connectivity index (χ3n) is 6.73. The summed E-state index contributed by atoms with van der Waals surface area (Å²) in [6, 6.07) is 16.6. The Morgan fingerprint density at radius 2 is 1.84 bits per heavy atom. The van der Waals surface area contributed by atoms with E-state index in [0.717, 1.165) is 36.5 Å². The number of carbonyl (C=O) groups is 2. The van der Waals surface area contributed by atoms with Crippen molar-refractivity contribution >= 4 is 17.5 Å². The molecule has 0 unspecified atom stereocenters. The lowest BCUT2D eigenvalue weighted by atomic mass is 9.71. The van der Waals surface area contributed by atoms with Gasteiger partial charge in [0.25, 0.3) is 5.91 Å². The van der Waals surface area contributed by atoms with Gasteiger partial charge in [0, 0.05) is 11.3 Å². The van der Waals surface area contributed by atoms with E-state index in [9.17, 15) is 18.4 Å². The van der Waals surface area contributed by atoms with Crippen LogP contribution < -0.4 is 10.6 Å². The van der Waals surface area contributed by atoms with E-state index in [-0.39, 0.29) is 23.8 Å². The molecule has 0 saturated heterocycles. The fourth-order valence-electron chi connectivity index (χ4n) is 4.62. The van der Waals surface area contributed by atoms with Crippen LogP contribution in [0.2, 0.25) is 0 Å². The summed E-state index contributed by atoms with van der Waals surface area (Å²) in [7, 11) is 0. The maximum Gasteiger partial charge on any atom is 0.257 e. The molecule has 1 aliphatic carbocycles. The molecule has 37 heavy (non-hydrogen) atoms. The molecule has 7 nitrogen and oxygen atoms in total. The number of rotatable bonds is 7. The average Bonchev–Trinajstić information content (AvgIpc) is 3.40. The Balaban J connectivity index is 1.30. The average molecular weight is 502 g/mol. The second kappa shape index (κ2) is 9.93. The van der Waals surface area contributed by atoms with E-state index in [0.29, 0.717) is 16.9 Å². The molecule has 188 valence electrons. The van der Waals surface area contributed by atoms with Crippen LogP contribution in [0.1, 0.15) is 46.3 Å². The highest BCUT2D eigenvalue weighted by Gasteiger charge is 2.40. The summed E-state index contributed by atoms with van der Waals surface area (Å²) in [6.07, 6.45) is 5.38. The minimum Gasteiger partial charge on any atom is -0.346 e. The van der Waals surface area contributed by atoms with Crippen LogP contribution in [-0.2, 0) is 16.8 Å². The van der Waals surface area contributed by atoms with Crippen molar-refractivity contribution < 1.29 is 18.4 Å². The van der Waals surface area contributed by atoms with Crippen molar-refractivity contribution in [1.29, 1.82) is 0 Å². The Bertz CT molecular complexity index is 1450. The second-order valence-corrected chi connectivity index (χ2v) is 9.27. The minimum absolute atomic E-state index is 0.0199. The molecule has 1 fully saturated rings. The van der Waals surface area contributed by atoms with Gasteiger partial charge in [-0.05, 0) is 62.1 Å². The maximum absolute atomic E-state index is 14.0. The van der Waals surface area contributed by atoms with E-state index >= 15 is 0 Å². The van der Waals surface area contributed by atoms with Crippen LogP contribution in [0, 0.1) is 18.6 Å². The lowest BCUT2D eigenvalue weighted by molar-refractivity contribution is -0.123. The van der Waals surface area contributed by atoms with Gasteiger partial charge in [-0.25, -0.2) is 13.5 Å². The number of anilines is 1. The van der Waals surface area contributed by atoms with Gasteiger partial charge in [0.15, 0.2) is 11.6 Å². The van der Waals surface area contributed by atoms with Crippen molar-refractivity contribution in [1.82, 2.24) is 20.3 Å². The van der Waals surface area contributed by atoms with Gasteiger partial charge in [-0.1, -0.05) is 41.1 Å². The Hall–Kier alpha value is -4.40. The maximum atomic E-state index is 14.0. The van der Waals surface area contributed by atoms with E-state index < -0.39 is 17.2 Å².